The number of primary amides is 1. The van der Waals surface area contributed by atoms with Crippen molar-refractivity contribution in [1.29, 1.82) is 0 Å². The van der Waals surface area contributed by atoms with Crippen LogP contribution in [0.3, 0.4) is 0 Å². The van der Waals surface area contributed by atoms with Crippen LogP contribution in [0.15, 0.2) is 29.0 Å². The molecule has 4 aliphatic rings. The van der Waals surface area contributed by atoms with E-state index >= 15 is 0 Å². The molecule has 10 nitrogen and oxygen atoms in total. The van der Waals surface area contributed by atoms with Gasteiger partial charge in [0.2, 0.25) is 5.78 Å². The Kier molecular flexibility index (Phi) is 6.17. The fraction of sp³-hybridized carbons (Fsp3) is 0.519. The van der Waals surface area contributed by atoms with Gasteiger partial charge in [0, 0.05) is 30.7 Å². The Hall–Kier alpha value is -3.21. The van der Waals surface area contributed by atoms with Gasteiger partial charge < -0.3 is 36.2 Å². The number of nitrogens with one attached hydrogen (secondary N) is 1. The topological polar surface area (TPSA) is 179 Å². The van der Waals surface area contributed by atoms with E-state index in [9.17, 15) is 34.8 Å². The number of phenolic OH excluding ortho intramolecular Hbond substituents is 1. The molecule has 1 amide bonds. The number of benzene rings is 1. The molecular weight excluding hydrogens is 480 g/mol. The first-order valence-corrected chi connectivity index (χ1v) is 12.6. The van der Waals surface area contributed by atoms with Crippen LogP contribution in [-0.4, -0.2) is 68.8 Å². The van der Waals surface area contributed by atoms with E-state index in [4.69, 9.17) is 10.5 Å². The van der Waals surface area contributed by atoms with E-state index in [-0.39, 0.29) is 35.3 Å². The van der Waals surface area contributed by atoms with Crippen LogP contribution in [0.1, 0.15) is 55.7 Å². The van der Waals surface area contributed by atoms with E-state index in [1.54, 1.807) is 6.07 Å². The third kappa shape index (κ3) is 3.69. The highest BCUT2D eigenvalue weighted by Crippen LogP contribution is 2.52. The second-order valence-corrected chi connectivity index (χ2v) is 10.8. The van der Waals surface area contributed by atoms with Gasteiger partial charge in [-0.15, -0.1) is 0 Å². The molecule has 3 aliphatic carbocycles. The fourth-order valence-corrected chi connectivity index (χ4v) is 6.55. The van der Waals surface area contributed by atoms with Crippen LogP contribution in [0.5, 0.6) is 5.75 Å². The molecule has 1 heterocycles. The number of aliphatic hydroxyl groups is 3. The zero-order valence-corrected chi connectivity index (χ0v) is 20.8. The summed E-state index contributed by atoms with van der Waals surface area (Å²) in [5.41, 5.74) is 3.53. The molecule has 5 rings (SSSR count). The summed E-state index contributed by atoms with van der Waals surface area (Å²) in [7, 11) is 0. The molecule has 0 unspecified atom stereocenters. The number of fused-ring (bicyclic) bond motifs is 3. The summed E-state index contributed by atoms with van der Waals surface area (Å²) in [5.74, 6) is -6.42. The lowest BCUT2D eigenvalue weighted by Gasteiger charge is -2.50. The number of aliphatic hydroxyl groups excluding tert-OH is 2. The van der Waals surface area contributed by atoms with E-state index in [1.807, 2.05) is 13.8 Å². The van der Waals surface area contributed by atoms with Crippen molar-refractivity contribution < 1.29 is 39.5 Å². The number of Topliss-reactive ketones (excluding diaryl/α,β-unsaturated/α-hetero) is 2. The summed E-state index contributed by atoms with van der Waals surface area (Å²) in [6.45, 7) is 4.90. The number of carbonyl (C=O) groups excluding carboxylic acids is 3. The highest BCUT2D eigenvalue weighted by atomic mass is 16.5. The smallest absolute Gasteiger partial charge is 0.255 e. The molecule has 37 heavy (non-hydrogen) atoms. The largest absolute Gasteiger partial charge is 0.508 e. The molecule has 0 bridgehead atoms. The minimum atomic E-state index is -2.65. The predicted molar refractivity (Wildman–Crippen MR) is 132 cm³/mol. The molecule has 1 aromatic rings. The van der Waals surface area contributed by atoms with Gasteiger partial charge in [-0.25, -0.2) is 0 Å². The van der Waals surface area contributed by atoms with Gasteiger partial charge >= 0.3 is 0 Å². The SMILES string of the molecule is CC(C)c1ccc(O)c2c1C[C@H]1C[C@H]3[C@@H](NC4CCOCC4)C(=O)C(C(N)=O)=C(O)[C@@]3(O)C(=O)C1=C2O. The van der Waals surface area contributed by atoms with Crippen LogP contribution in [-0.2, 0) is 25.5 Å². The molecule has 10 heteroatoms. The van der Waals surface area contributed by atoms with Gasteiger partial charge in [0.15, 0.2) is 11.4 Å². The highest BCUT2D eigenvalue weighted by Gasteiger charge is 2.64. The Morgan fingerprint density at radius 1 is 1.16 bits per heavy atom. The maximum absolute atomic E-state index is 13.9. The Morgan fingerprint density at radius 3 is 2.46 bits per heavy atom. The van der Waals surface area contributed by atoms with Crippen molar-refractivity contribution in [1.82, 2.24) is 5.32 Å². The average molecular weight is 513 g/mol. The lowest BCUT2D eigenvalue weighted by Crippen LogP contribution is -2.67. The third-order valence-corrected chi connectivity index (χ3v) is 8.38. The first-order valence-electron chi connectivity index (χ1n) is 12.6. The maximum atomic E-state index is 13.9. The molecule has 1 saturated carbocycles. The zero-order chi connectivity index (χ0) is 26.8. The monoisotopic (exact) mass is 512 g/mol. The van der Waals surface area contributed by atoms with Crippen molar-refractivity contribution in [2.75, 3.05) is 13.2 Å². The molecule has 0 aromatic heterocycles. The normalized spacial score (nSPS) is 30.3. The Bertz CT molecular complexity index is 1260. The van der Waals surface area contributed by atoms with Gasteiger partial charge in [0.25, 0.3) is 5.91 Å². The highest BCUT2D eigenvalue weighted by molar-refractivity contribution is 6.24. The number of hydrogen-bond donors (Lipinski definition) is 6. The number of ether oxygens (including phenoxy) is 1. The predicted octanol–water partition coefficient (Wildman–Crippen LogP) is 1.29. The average Bonchev–Trinajstić information content (AvgIpc) is 2.84. The van der Waals surface area contributed by atoms with E-state index in [1.165, 1.54) is 6.07 Å². The van der Waals surface area contributed by atoms with Crippen LogP contribution in [0.4, 0.5) is 0 Å². The van der Waals surface area contributed by atoms with E-state index in [0.717, 1.165) is 5.56 Å². The number of hydrogen-bond acceptors (Lipinski definition) is 9. The molecule has 1 aliphatic heterocycles. The summed E-state index contributed by atoms with van der Waals surface area (Å²) in [4.78, 5) is 39.6. The molecule has 0 radical (unpaired) electrons. The molecular formula is C27H32N2O8. The Balaban J connectivity index is 1.67. The van der Waals surface area contributed by atoms with Crippen molar-refractivity contribution >= 4 is 23.2 Å². The van der Waals surface area contributed by atoms with Gasteiger partial charge in [-0.3, -0.25) is 14.4 Å². The first-order chi connectivity index (χ1) is 17.5. The van der Waals surface area contributed by atoms with Gasteiger partial charge in [-0.2, -0.15) is 0 Å². The number of amides is 1. The van der Waals surface area contributed by atoms with Crippen LogP contribution in [0.2, 0.25) is 0 Å². The quantitative estimate of drug-likeness (QED) is 0.324. The van der Waals surface area contributed by atoms with Crippen molar-refractivity contribution in [2.24, 2.45) is 17.6 Å². The molecule has 1 saturated heterocycles. The second kappa shape index (κ2) is 8.97. The van der Waals surface area contributed by atoms with Gasteiger partial charge in [-0.05, 0) is 54.7 Å². The fourth-order valence-electron chi connectivity index (χ4n) is 6.55. The van der Waals surface area contributed by atoms with E-state index < -0.39 is 58.0 Å². The minimum absolute atomic E-state index is 0.0665. The Morgan fingerprint density at radius 2 is 1.84 bits per heavy atom. The number of rotatable bonds is 4. The van der Waals surface area contributed by atoms with Crippen molar-refractivity contribution in [3.63, 3.8) is 0 Å². The van der Waals surface area contributed by atoms with Gasteiger partial charge in [0.05, 0.1) is 11.6 Å². The van der Waals surface area contributed by atoms with Gasteiger partial charge in [-0.1, -0.05) is 19.9 Å². The number of ketones is 2. The standard InChI is InChI=1S/C27H32N2O8/c1-11(2)14-3-4-17(30)19-15(14)9-12-10-16-21(29-13-5-7-37-8-6-13)23(32)20(26(28)35)25(34)27(16,36)24(33)18(12)22(19)31/h3-4,11-13,16,21,29-31,34,36H,5-10H2,1-2H3,(H2,28,35)/t12-,16-,21+,27-/m0/s1. The summed E-state index contributed by atoms with van der Waals surface area (Å²) >= 11 is 0. The summed E-state index contributed by atoms with van der Waals surface area (Å²) in [5, 5.41) is 47.8. The lowest BCUT2D eigenvalue weighted by atomic mass is 9.57. The third-order valence-electron chi connectivity index (χ3n) is 8.38. The summed E-state index contributed by atoms with van der Waals surface area (Å²) in [6, 6.07) is 1.91. The lowest BCUT2D eigenvalue weighted by molar-refractivity contribution is -0.150. The number of carbonyl (C=O) groups is 3. The molecule has 2 fully saturated rings. The minimum Gasteiger partial charge on any atom is -0.508 e. The Labute approximate surface area is 213 Å². The van der Waals surface area contributed by atoms with Gasteiger partial charge in [0.1, 0.15) is 22.8 Å². The zero-order valence-electron chi connectivity index (χ0n) is 20.8. The molecule has 0 spiro atoms. The number of phenols is 1. The first kappa shape index (κ1) is 25.4. The molecule has 7 N–H and O–H groups in total. The van der Waals surface area contributed by atoms with Crippen LogP contribution in [0, 0.1) is 11.8 Å². The van der Waals surface area contributed by atoms with Crippen molar-refractivity contribution in [3.8, 4) is 5.75 Å². The maximum Gasteiger partial charge on any atom is 0.255 e. The summed E-state index contributed by atoms with van der Waals surface area (Å²) < 4.78 is 5.39. The molecule has 1 aromatic carbocycles. The number of aromatic hydroxyl groups is 1. The number of nitrogens with two attached hydrogens (primary N) is 1. The molecule has 4 atom stereocenters. The molecule has 198 valence electrons. The van der Waals surface area contributed by atoms with E-state index in [0.29, 0.717) is 38.0 Å². The van der Waals surface area contributed by atoms with Crippen molar-refractivity contribution in [2.45, 2.75) is 63.1 Å². The summed E-state index contributed by atoms with van der Waals surface area (Å²) in [6.07, 6.45) is 1.53. The van der Waals surface area contributed by atoms with E-state index in [2.05, 4.69) is 5.32 Å². The second-order valence-electron chi connectivity index (χ2n) is 10.8. The van der Waals surface area contributed by atoms with Crippen LogP contribution < -0.4 is 11.1 Å². The van der Waals surface area contributed by atoms with Crippen LogP contribution in [0.25, 0.3) is 5.76 Å². The van der Waals surface area contributed by atoms with Crippen molar-refractivity contribution in [3.05, 3.63) is 45.7 Å². The van der Waals surface area contributed by atoms with Crippen LogP contribution >= 0.6 is 0 Å².